The van der Waals surface area contributed by atoms with E-state index < -0.39 is 8.07 Å². The minimum absolute atomic E-state index is 0.955. The maximum atomic E-state index is 5.93. The SMILES string of the molecule is C=Cc1oc2c(C)cccc2c1C[Si](C)(C)C. The number of para-hydroxylation sites is 1. The summed E-state index contributed by atoms with van der Waals surface area (Å²) in [7, 11) is -1.15. The van der Waals surface area contributed by atoms with Gasteiger partial charge in [0.25, 0.3) is 0 Å². The molecule has 17 heavy (non-hydrogen) atoms. The van der Waals surface area contributed by atoms with Crippen LogP contribution in [0.4, 0.5) is 0 Å². The Morgan fingerprint density at radius 3 is 2.59 bits per heavy atom. The lowest BCUT2D eigenvalue weighted by Gasteiger charge is -2.15. The van der Waals surface area contributed by atoms with Crippen molar-refractivity contribution < 1.29 is 4.42 Å². The van der Waals surface area contributed by atoms with Crippen LogP contribution in [-0.2, 0) is 6.04 Å². The van der Waals surface area contributed by atoms with Crippen molar-refractivity contribution in [3.05, 3.63) is 41.7 Å². The Kier molecular flexibility index (Phi) is 3.00. The largest absolute Gasteiger partial charge is 0.456 e. The molecule has 2 rings (SSSR count). The molecule has 0 spiro atoms. The molecule has 2 aromatic rings. The molecule has 0 aliphatic carbocycles. The summed E-state index contributed by atoms with van der Waals surface area (Å²) >= 11 is 0. The Hall–Kier alpha value is -1.28. The molecule has 0 bridgehead atoms. The van der Waals surface area contributed by atoms with E-state index in [0.717, 1.165) is 17.4 Å². The zero-order chi connectivity index (χ0) is 12.6. The average Bonchev–Trinajstić information content (AvgIpc) is 2.56. The molecule has 1 nitrogen and oxygen atoms in total. The van der Waals surface area contributed by atoms with Crippen LogP contribution in [0, 0.1) is 6.92 Å². The van der Waals surface area contributed by atoms with Gasteiger partial charge in [-0.1, -0.05) is 44.4 Å². The fraction of sp³-hybridized carbons (Fsp3) is 0.333. The van der Waals surface area contributed by atoms with Gasteiger partial charge in [-0.25, -0.2) is 0 Å². The van der Waals surface area contributed by atoms with E-state index in [0.29, 0.717) is 0 Å². The third-order valence-corrected chi connectivity index (χ3v) is 4.35. The summed E-state index contributed by atoms with van der Waals surface area (Å²) in [5.41, 5.74) is 3.57. The highest BCUT2D eigenvalue weighted by molar-refractivity contribution is 6.75. The topological polar surface area (TPSA) is 13.1 Å². The van der Waals surface area contributed by atoms with Crippen LogP contribution < -0.4 is 0 Å². The monoisotopic (exact) mass is 244 g/mol. The second kappa shape index (κ2) is 4.19. The first-order valence-electron chi connectivity index (χ1n) is 6.06. The van der Waals surface area contributed by atoms with E-state index in [4.69, 9.17) is 4.42 Å². The summed E-state index contributed by atoms with van der Waals surface area (Å²) in [5, 5.41) is 1.27. The van der Waals surface area contributed by atoms with Crippen LogP contribution in [0.3, 0.4) is 0 Å². The molecule has 0 saturated heterocycles. The van der Waals surface area contributed by atoms with E-state index >= 15 is 0 Å². The first kappa shape index (κ1) is 12.2. The van der Waals surface area contributed by atoms with E-state index in [9.17, 15) is 0 Å². The van der Waals surface area contributed by atoms with Crippen molar-refractivity contribution in [1.29, 1.82) is 0 Å². The van der Waals surface area contributed by atoms with E-state index in [-0.39, 0.29) is 0 Å². The summed E-state index contributed by atoms with van der Waals surface area (Å²) in [4.78, 5) is 0. The lowest BCUT2D eigenvalue weighted by Crippen LogP contribution is -2.24. The van der Waals surface area contributed by atoms with E-state index in [1.807, 2.05) is 6.08 Å². The highest BCUT2D eigenvalue weighted by atomic mass is 28.3. The van der Waals surface area contributed by atoms with Gasteiger partial charge in [0, 0.05) is 19.0 Å². The minimum Gasteiger partial charge on any atom is -0.456 e. The van der Waals surface area contributed by atoms with Crippen molar-refractivity contribution in [2.45, 2.75) is 32.6 Å². The zero-order valence-electron chi connectivity index (χ0n) is 11.1. The standard InChI is InChI=1S/C15H20OSi/c1-6-14-13(10-17(3,4)5)12-9-7-8-11(2)15(12)16-14/h6-9H,1,10H2,2-5H3. The summed E-state index contributed by atoms with van der Waals surface area (Å²) < 4.78 is 5.93. The number of fused-ring (bicyclic) bond motifs is 1. The van der Waals surface area contributed by atoms with Gasteiger partial charge >= 0.3 is 0 Å². The highest BCUT2D eigenvalue weighted by Gasteiger charge is 2.20. The molecule has 0 N–H and O–H groups in total. The molecule has 0 saturated carbocycles. The van der Waals surface area contributed by atoms with Crippen LogP contribution in [-0.4, -0.2) is 8.07 Å². The average molecular weight is 244 g/mol. The molecule has 0 unspecified atom stereocenters. The Bertz CT molecular complexity index is 558. The third-order valence-electron chi connectivity index (χ3n) is 2.94. The van der Waals surface area contributed by atoms with E-state index in [1.54, 1.807) is 0 Å². The molecule has 0 amide bonds. The second-order valence-corrected chi connectivity index (χ2v) is 11.3. The van der Waals surface area contributed by atoms with Gasteiger partial charge in [-0.05, 0) is 24.6 Å². The molecule has 0 fully saturated rings. The van der Waals surface area contributed by atoms with Crippen LogP contribution in [0.1, 0.15) is 16.9 Å². The van der Waals surface area contributed by atoms with Crippen LogP contribution in [0.5, 0.6) is 0 Å². The number of furan rings is 1. The molecular formula is C15H20OSi. The Balaban J connectivity index is 2.67. The molecule has 2 heteroatoms. The molecule has 0 aliphatic heterocycles. The Morgan fingerprint density at radius 2 is 2.00 bits per heavy atom. The van der Waals surface area contributed by atoms with Crippen LogP contribution in [0.15, 0.2) is 29.2 Å². The number of hydrogen-bond acceptors (Lipinski definition) is 1. The van der Waals surface area contributed by atoms with Crippen molar-refractivity contribution in [3.63, 3.8) is 0 Å². The van der Waals surface area contributed by atoms with Gasteiger partial charge in [-0.15, -0.1) is 0 Å². The maximum absolute atomic E-state index is 5.93. The van der Waals surface area contributed by atoms with Gasteiger partial charge in [-0.3, -0.25) is 0 Å². The van der Waals surface area contributed by atoms with E-state index in [2.05, 4.69) is 51.3 Å². The predicted molar refractivity (Wildman–Crippen MR) is 78.1 cm³/mol. The predicted octanol–water partition coefficient (Wildman–Crippen LogP) is 4.80. The summed E-state index contributed by atoms with van der Waals surface area (Å²) in [5.74, 6) is 0.955. The van der Waals surface area contributed by atoms with Crippen molar-refractivity contribution in [1.82, 2.24) is 0 Å². The van der Waals surface area contributed by atoms with Crippen molar-refractivity contribution in [3.8, 4) is 0 Å². The van der Waals surface area contributed by atoms with Crippen molar-refractivity contribution >= 4 is 25.1 Å². The lowest BCUT2D eigenvalue weighted by molar-refractivity contribution is 0.598. The molecule has 1 aromatic carbocycles. The van der Waals surface area contributed by atoms with Crippen molar-refractivity contribution in [2.75, 3.05) is 0 Å². The lowest BCUT2D eigenvalue weighted by atomic mass is 10.1. The van der Waals surface area contributed by atoms with E-state index in [1.165, 1.54) is 16.5 Å². The fourth-order valence-corrected chi connectivity index (χ4v) is 3.63. The maximum Gasteiger partial charge on any atom is 0.137 e. The summed E-state index contributed by atoms with van der Waals surface area (Å²) in [6.07, 6.45) is 1.84. The molecule has 0 atom stereocenters. The smallest absolute Gasteiger partial charge is 0.137 e. The normalized spacial score (nSPS) is 12.0. The summed E-state index contributed by atoms with van der Waals surface area (Å²) in [6.45, 7) is 13.1. The van der Waals surface area contributed by atoms with Crippen LogP contribution in [0.2, 0.25) is 19.6 Å². The summed E-state index contributed by atoms with van der Waals surface area (Å²) in [6, 6.07) is 7.50. The quantitative estimate of drug-likeness (QED) is 0.707. The molecular weight excluding hydrogens is 224 g/mol. The first-order chi connectivity index (χ1) is 7.92. The highest BCUT2D eigenvalue weighted by Crippen LogP contribution is 2.31. The number of hydrogen-bond donors (Lipinski definition) is 0. The van der Waals surface area contributed by atoms with Crippen molar-refractivity contribution in [2.24, 2.45) is 0 Å². The molecule has 1 heterocycles. The first-order valence-corrected chi connectivity index (χ1v) is 9.76. The van der Waals surface area contributed by atoms with Crippen LogP contribution in [0.25, 0.3) is 17.0 Å². The van der Waals surface area contributed by atoms with Gasteiger partial charge < -0.3 is 4.42 Å². The number of aryl methyl sites for hydroxylation is 1. The third kappa shape index (κ3) is 2.37. The van der Waals surface area contributed by atoms with Gasteiger partial charge in [0.1, 0.15) is 11.3 Å². The van der Waals surface area contributed by atoms with Gasteiger partial charge in [0.05, 0.1) is 0 Å². The minimum atomic E-state index is -1.15. The molecule has 1 aromatic heterocycles. The molecule has 0 radical (unpaired) electrons. The zero-order valence-corrected chi connectivity index (χ0v) is 12.1. The van der Waals surface area contributed by atoms with Gasteiger partial charge in [0.15, 0.2) is 0 Å². The molecule has 0 aliphatic rings. The Labute approximate surface area is 104 Å². The number of rotatable bonds is 3. The number of benzene rings is 1. The van der Waals surface area contributed by atoms with Gasteiger partial charge in [0.2, 0.25) is 0 Å². The Morgan fingerprint density at radius 1 is 1.29 bits per heavy atom. The molecule has 90 valence electrons. The fourth-order valence-electron chi connectivity index (χ4n) is 2.21. The second-order valence-electron chi connectivity index (χ2n) is 5.84. The van der Waals surface area contributed by atoms with Gasteiger partial charge in [-0.2, -0.15) is 0 Å². The van der Waals surface area contributed by atoms with Crippen LogP contribution >= 0.6 is 0 Å².